The molecule has 0 bridgehead atoms. The number of aryl methyl sites for hydroxylation is 1. The van der Waals surface area contributed by atoms with Crippen LogP contribution in [0.5, 0.6) is 5.75 Å². The lowest BCUT2D eigenvalue weighted by Crippen LogP contribution is -2.18. The number of hydrogen-bond donors (Lipinski definition) is 1. The number of ether oxygens (including phenoxy) is 1. The zero-order valence-corrected chi connectivity index (χ0v) is 20.4. The number of amides is 1. The van der Waals surface area contributed by atoms with Crippen molar-refractivity contribution >= 4 is 12.1 Å². The molecule has 0 aliphatic heterocycles. The van der Waals surface area contributed by atoms with Gasteiger partial charge in [-0.05, 0) is 60.5 Å². The van der Waals surface area contributed by atoms with E-state index in [0.717, 1.165) is 39.4 Å². The van der Waals surface area contributed by atoms with E-state index >= 15 is 0 Å². The highest BCUT2D eigenvalue weighted by molar-refractivity contribution is 5.96. The highest BCUT2D eigenvalue weighted by Crippen LogP contribution is 2.25. The molecule has 0 atom stereocenters. The first kappa shape index (κ1) is 23.8. The lowest BCUT2D eigenvalue weighted by atomic mass is 10.1. The molecule has 0 fully saturated rings. The fourth-order valence-corrected chi connectivity index (χ4v) is 3.92. The summed E-state index contributed by atoms with van der Waals surface area (Å²) in [7, 11) is 0. The SMILES string of the molecule is Cc1ccccc1C(=O)NN=Cc1cn(-c2ccccc2)nc1-c1ccc(OCc2ccccc2)cc1. The Morgan fingerprint density at radius 2 is 1.57 bits per heavy atom. The zero-order valence-electron chi connectivity index (χ0n) is 20.4. The Morgan fingerprint density at radius 3 is 2.30 bits per heavy atom. The van der Waals surface area contributed by atoms with Crippen LogP contribution in [0.15, 0.2) is 120 Å². The van der Waals surface area contributed by atoms with Gasteiger partial charge < -0.3 is 4.74 Å². The maximum absolute atomic E-state index is 12.6. The molecule has 0 radical (unpaired) electrons. The summed E-state index contributed by atoms with van der Waals surface area (Å²) < 4.78 is 7.74. The van der Waals surface area contributed by atoms with Gasteiger partial charge >= 0.3 is 0 Å². The van der Waals surface area contributed by atoms with Crippen LogP contribution in [0.2, 0.25) is 0 Å². The van der Waals surface area contributed by atoms with Crippen LogP contribution in [0.4, 0.5) is 0 Å². The van der Waals surface area contributed by atoms with Gasteiger partial charge in [0.1, 0.15) is 18.1 Å². The van der Waals surface area contributed by atoms with Crippen molar-refractivity contribution in [1.29, 1.82) is 0 Å². The van der Waals surface area contributed by atoms with Crippen molar-refractivity contribution in [3.63, 3.8) is 0 Å². The smallest absolute Gasteiger partial charge is 0.271 e. The molecular formula is C31H26N4O2. The first-order chi connectivity index (χ1) is 18.2. The summed E-state index contributed by atoms with van der Waals surface area (Å²) in [6.07, 6.45) is 3.52. The normalized spacial score (nSPS) is 10.9. The third-order valence-electron chi connectivity index (χ3n) is 5.90. The molecule has 6 heteroatoms. The van der Waals surface area contributed by atoms with Crippen LogP contribution in [-0.2, 0) is 6.61 Å². The molecule has 5 rings (SSSR count). The Balaban J connectivity index is 1.38. The van der Waals surface area contributed by atoms with E-state index in [-0.39, 0.29) is 5.91 Å². The Labute approximate surface area is 215 Å². The van der Waals surface area contributed by atoms with Crippen molar-refractivity contribution in [2.24, 2.45) is 5.10 Å². The van der Waals surface area contributed by atoms with Crippen molar-refractivity contribution < 1.29 is 9.53 Å². The third-order valence-corrected chi connectivity index (χ3v) is 5.90. The van der Waals surface area contributed by atoms with Crippen LogP contribution in [0.25, 0.3) is 16.9 Å². The van der Waals surface area contributed by atoms with Crippen LogP contribution in [0.1, 0.15) is 27.0 Å². The number of rotatable bonds is 8. The molecule has 0 unspecified atom stereocenters. The van der Waals surface area contributed by atoms with Crippen molar-refractivity contribution in [2.45, 2.75) is 13.5 Å². The van der Waals surface area contributed by atoms with Crippen LogP contribution < -0.4 is 10.2 Å². The van der Waals surface area contributed by atoms with Gasteiger partial charge in [-0.3, -0.25) is 4.79 Å². The monoisotopic (exact) mass is 486 g/mol. The molecule has 0 aliphatic rings. The number of para-hydroxylation sites is 1. The van der Waals surface area contributed by atoms with Gasteiger partial charge in [0.05, 0.1) is 11.9 Å². The number of carbonyl (C=O) groups is 1. The summed E-state index contributed by atoms with van der Waals surface area (Å²) in [5.41, 5.74) is 8.57. The first-order valence-corrected chi connectivity index (χ1v) is 12.0. The van der Waals surface area contributed by atoms with E-state index in [9.17, 15) is 4.79 Å². The maximum Gasteiger partial charge on any atom is 0.271 e. The van der Waals surface area contributed by atoms with Gasteiger partial charge in [0.25, 0.3) is 5.91 Å². The van der Waals surface area contributed by atoms with Gasteiger partial charge in [-0.2, -0.15) is 10.2 Å². The molecule has 182 valence electrons. The summed E-state index contributed by atoms with van der Waals surface area (Å²) >= 11 is 0. The fraction of sp³-hybridized carbons (Fsp3) is 0.0645. The van der Waals surface area contributed by atoms with E-state index in [0.29, 0.717) is 12.2 Å². The molecule has 1 N–H and O–H groups in total. The van der Waals surface area contributed by atoms with Crippen molar-refractivity contribution in [3.8, 4) is 22.7 Å². The molecule has 0 saturated heterocycles. The number of nitrogens with zero attached hydrogens (tertiary/aromatic N) is 3. The summed E-state index contributed by atoms with van der Waals surface area (Å²) in [5, 5.41) is 9.05. The zero-order chi connectivity index (χ0) is 25.5. The predicted molar refractivity (Wildman–Crippen MR) is 146 cm³/mol. The number of nitrogens with one attached hydrogen (secondary N) is 1. The lowest BCUT2D eigenvalue weighted by Gasteiger charge is -2.07. The molecule has 4 aromatic carbocycles. The highest BCUT2D eigenvalue weighted by atomic mass is 16.5. The molecule has 1 heterocycles. The quantitative estimate of drug-likeness (QED) is 0.210. The third kappa shape index (κ3) is 5.82. The van der Waals surface area contributed by atoms with Crippen LogP contribution in [0.3, 0.4) is 0 Å². The molecule has 0 saturated carbocycles. The molecule has 37 heavy (non-hydrogen) atoms. The summed E-state index contributed by atoms with van der Waals surface area (Å²) in [5.74, 6) is 0.516. The minimum absolute atomic E-state index is 0.258. The number of hydrogen-bond acceptors (Lipinski definition) is 4. The fourth-order valence-electron chi connectivity index (χ4n) is 3.92. The highest BCUT2D eigenvalue weighted by Gasteiger charge is 2.12. The largest absolute Gasteiger partial charge is 0.489 e. The van der Waals surface area contributed by atoms with Gasteiger partial charge in [0, 0.05) is 22.9 Å². The molecule has 5 aromatic rings. The van der Waals surface area contributed by atoms with E-state index < -0.39 is 0 Å². The molecule has 0 aliphatic carbocycles. The van der Waals surface area contributed by atoms with Gasteiger partial charge in [-0.1, -0.05) is 66.7 Å². The van der Waals surface area contributed by atoms with Crippen LogP contribution in [0, 0.1) is 6.92 Å². The van der Waals surface area contributed by atoms with E-state index in [1.807, 2.05) is 116 Å². The molecule has 6 nitrogen and oxygen atoms in total. The number of benzene rings is 4. The second-order valence-corrected chi connectivity index (χ2v) is 8.53. The molecule has 1 amide bonds. The van der Waals surface area contributed by atoms with Gasteiger partial charge in [0.15, 0.2) is 0 Å². The summed E-state index contributed by atoms with van der Waals surface area (Å²) in [4.78, 5) is 12.6. The second kappa shape index (κ2) is 11.2. The Kier molecular flexibility index (Phi) is 7.18. The molecule has 1 aromatic heterocycles. The van der Waals surface area contributed by atoms with Crippen molar-refractivity contribution in [1.82, 2.24) is 15.2 Å². The average molecular weight is 487 g/mol. The first-order valence-electron chi connectivity index (χ1n) is 12.0. The minimum Gasteiger partial charge on any atom is -0.489 e. The Morgan fingerprint density at radius 1 is 0.892 bits per heavy atom. The van der Waals surface area contributed by atoms with E-state index in [1.54, 1.807) is 17.0 Å². The number of carbonyl (C=O) groups excluding carboxylic acids is 1. The minimum atomic E-state index is -0.258. The summed E-state index contributed by atoms with van der Waals surface area (Å²) in [6, 6.07) is 35.1. The summed E-state index contributed by atoms with van der Waals surface area (Å²) in [6.45, 7) is 2.40. The van der Waals surface area contributed by atoms with Crippen LogP contribution >= 0.6 is 0 Å². The maximum atomic E-state index is 12.6. The van der Waals surface area contributed by atoms with Gasteiger partial charge in [-0.15, -0.1) is 0 Å². The van der Waals surface area contributed by atoms with Crippen molar-refractivity contribution in [3.05, 3.63) is 138 Å². The second-order valence-electron chi connectivity index (χ2n) is 8.53. The van der Waals surface area contributed by atoms with E-state index in [2.05, 4.69) is 10.5 Å². The van der Waals surface area contributed by atoms with Crippen molar-refractivity contribution in [2.75, 3.05) is 0 Å². The average Bonchev–Trinajstić information content (AvgIpc) is 3.37. The van der Waals surface area contributed by atoms with Gasteiger partial charge in [0.2, 0.25) is 0 Å². The van der Waals surface area contributed by atoms with Crippen LogP contribution in [-0.4, -0.2) is 21.9 Å². The predicted octanol–water partition coefficient (Wildman–Crippen LogP) is 6.19. The Bertz CT molecular complexity index is 1510. The molecular weight excluding hydrogens is 460 g/mol. The van der Waals surface area contributed by atoms with Gasteiger partial charge in [-0.25, -0.2) is 10.1 Å². The number of aromatic nitrogens is 2. The van der Waals surface area contributed by atoms with E-state index in [4.69, 9.17) is 9.84 Å². The standard InChI is InChI=1S/C31H26N4O2/c1-23-10-8-9-15-29(23)31(36)33-32-20-26-21-35(27-13-6-3-7-14-27)34-30(26)25-16-18-28(19-17-25)37-22-24-11-4-2-5-12-24/h2-21H,22H2,1H3,(H,33,36). The topological polar surface area (TPSA) is 68.5 Å². The number of hydrazone groups is 1. The lowest BCUT2D eigenvalue weighted by molar-refractivity contribution is 0.0954. The van der Waals surface area contributed by atoms with E-state index in [1.165, 1.54) is 0 Å². The Hall–Kier alpha value is -4.97. The molecule has 0 spiro atoms.